The summed E-state index contributed by atoms with van der Waals surface area (Å²) >= 11 is 0. The quantitative estimate of drug-likeness (QED) is 0.281. The second-order valence-corrected chi connectivity index (χ2v) is 8.30. The molecular formula is C25H40N2O3. The van der Waals surface area contributed by atoms with Gasteiger partial charge in [0.2, 0.25) is 5.91 Å². The van der Waals surface area contributed by atoms with Gasteiger partial charge in [-0.3, -0.25) is 9.59 Å². The van der Waals surface area contributed by atoms with Gasteiger partial charge in [0.15, 0.2) is 0 Å². The van der Waals surface area contributed by atoms with Crippen molar-refractivity contribution in [2.24, 2.45) is 0 Å². The summed E-state index contributed by atoms with van der Waals surface area (Å²) in [7, 11) is 0. The second-order valence-electron chi connectivity index (χ2n) is 8.30. The smallest absolute Gasteiger partial charge is 0.251 e. The van der Waals surface area contributed by atoms with Crippen LogP contribution in [-0.4, -0.2) is 31.0 Å². The van der Waals surface area contributed by atoms with E-state index in [2.05, 4.69) is 19.2 Å². The molecule has 2 amide bonds. The summed E-state index contributed by atoms with van der Waals surface area (Å²) in [6.07, 6.45) is 14.1. The largest absolute Gasteiger partial charge is 0.494 e. The minimum absolute atomic E-state index is 0.136. The number of anilines is 1. The highest BCUT2D eigenvalue weighted by atomic mass is 16.5. The van der Waals surface area contributed by atoms with Gasteiger partial charge in [-0.05, 0) is 43.7 Å². The number of rotatable bonds is 16. The van der Waals surface area contributed by atoms with E-state index in [1.807, 2.05) is 12.1 Å². The van der Waals surface area contributed by atoms with E-state index >= 15 is 0 Å². The minimum Gasteiger partial charge on any atom is -0.494 e. The molecule has 1 fully saturated rings. The number of carbonyl (C=O) groups is 2. The zero-order valence-corrected chi connectivity index (χ0v) is 19.0. The summed E-state index contributed by atoms with van der Waals surface area (Å²) in [5, 5.41) is 3.29. The standard InChI is InChI=1S/C25H40N2O3/c1-3-5-6-7-8-9-10-11-12-13-18-26-23-20-24(28)27(25(23)29)21-14-16-22(17-15-21)30-19-4-2/h14-17,23,26H,3-13,18-20H2,1-2H3/t23-/m1/s1. The molecule has 30 heavy (non-hydrogen) atoms. The number of hydrogen-bond donors (Lipinski definition) is 1. The van der Waals surface area contributed by atoms with Crippen LogP contribution in [0.3, 0.4) is 0 Å². The lowest BCUT2D eigenvalue weighted by atomic mass is 10.1. The Morgan fingerprint density at radius 1 is 0.867 bits per heavy atom. The highest BCUT2D eigenvalue weighted by Gasteiger charge is 2.39. The molecular weight excluding hydrogens is 376 g/mol. The minimum atomic E-state index is -0.396. The van der Waals surface area contributed by atoms with Crippen molar-refractivity contribution in [3.63, 3.8) is 0 Å². The molecule has 1 heterocycles. The first-order chi connectivity index (χ1) is 14.7. The molecule has 0 unspecified atom stereocenters. The molecule has 0 aromatic heterocycles. The van der Waals surface area contributed by atoms with Crippen LogP contribution in [0.1, 0.15) is 90.9 Å². The number of hydrogen-bond acceptors (Lipinski definition) is 4. The molecule has 1 N–H and O–H groups in total. The molecule has 5 nitrogen and oxygen atoms in total. The monoisotopic (exact) mass is 416 g/mol. The van der Waals surface area contributed by atoms with E-state index in [4.69, 9.17) is 4.74 Å². The number of unbranched alkanes of at least 4 members (excludes halogenated alkanes) is 9. The molecule has 168 valence electrons. The average Bonchev–Trinajstić information content (AvgIpc) is 3.04. The summed E-state index contributed by atoms with van der Waals surface area (Å²) in [5.41, 5.74) is 0.622. The number of imide groups is 1. The van der Waals surface area contributed by atoms with Crippen molar-refractivity contribution < 1.29 is 14.3 Å². The topological polar surface area (TPSA) is 58.6 Å². The highest BCUT2D eigenvalue weighted by molar-refractivity contribution is 6.22. The zero-order valence-electron chi connectivity index (χ0n) is 19.0. The van der Waals surface area contributed by atoms with E-state index in [0.29, 0.717) is 12.3 Å². The van der Waals surface area contributed by atoms with Crippen LogP contribution >= 0.6 is 0 Å². The van der Waals surface area contributed by atoms with Gasteiger partial charge in [-0.15, -0.1) is 0 Å². The molecule has 0 aliphatic carbocycles. The van der Waals surface area contributed by atoms with Crippen LogP contribution in [0.5, 0.6) is 5.75 Å². The lowest BCUT2D eigenvalue weighted by molar-refractivity contribution is -0.121. The summed E-state index contributed by atoms with van der Waals surface area (Å²) in [5.74, 6) is 0.479. The Kier molecular flexibility index (Phi) is 11.5. The van der Waals surface area contributed by atoms with Gasteiger partial charge in [0, 0.05) is 0 Å². The molecule has 1 atom stereocenters. The Morgan fingerprint density at radius 3 is 2.07 bits per heavy atom. The first-order valence-electron chi connectivity index (χ1n) is 12.0. The molecule has 1 aromatic carbocycles. The Morgan fingerprint density at radius 2 is 1.47 bits per heavy atom. The van der Waals surface area contributed by atoms with Crippen molar-refractivity contribution in [3.8, 4) is 5.75 Å². The zero-order chi connectivity index (χ0) is 21.6. The lowest BCUT2D eigenvalue weighted by Crippen LogP contribution is -2.39. The molecule has 1 saturated heterocycles. The second kappa shape index (κ2) is 14.2. The maximum absolute atomic E-state index is 12.7. The Balaban J connectivity index is 1.63. The SMILES string of the molecule is CCCCCCCCCCCCN[C@@H]1CC(=O)N(c2ccc(OCCC)cc2)C1=O. The van der Waals surface area contributed by atoms with Gasteiger partial charge < -0.3 is 10.1 Å². The average molecular weight is 417 g/mol. The van der Waals surface area contributed by atoms with Gasteiger partial charge in [-0.1, -0.05) is 71.6 Å². The van der Waals surface area contributed by atoms with Crippen LogP contribution in [-0.2, 0) is 9.59 Å². The number of nitrogens with one attached hydrogen (secondary N) is 1. The van der Waals surface area contributed by atoms with Gasteiger partial charge in [-0.25, -0.2) is 4.90 Å². The Labute approximate surface area is 182 Å². The van der Waals surface area contributed by atoms with Crippen LogP contribution in [0, 0.1) is 0 Å². The third-order valence-electron chi connectivity index (χ3n) is 5.64. The van der Waals surface area contributed by atoms with E-state index in [-0.39, 0.29) is 18.2 Å². The van der Waals surface area contributed by atoms with E-state index in [1.54, 1.807) is 12.1 Å². The maximum atomic E-state index is 12.7. The van der Waals surface area contributed by atoms with Crippen molar-refractivity contribution in [3.05, 3.63) is 24.3 Å². The molecule has 0 bridgehead atoms. The van der Waals surface area contributed by atoms with Crippen molar-refractivity contribution in [1.82, 2.24) is 5.32 Å². The number of carbonyl (C=O) groups excluding carboxylic acids is 2. The normalized spacial score (nSPS) is 16.5. The number of amides is 2. The van der Waals surface area contributed by atoms with Crippen molar-refractivity contribution >= 4 is 17.5 Å². The predicted octanol–water partition coefficient (Wildman–Crippen LogP) is 5.62. The summed E-state index contributed by atoms with van der Waals surface area (Å²) in [6.45, 7) is 5.75. The van der Waals surface area contributed by atoms with Crippen LogP contribution < -0.4 is 15.0 Å². The first-order valence-corrected chi connectivity index (χ1v) is 12.0. The fourth-order valence-electron chi connectivity index (χ4n) is 3.86. The van der Waals surface area contributed by atoms with E-state index in [9.17, 15) is 9.59 Å². The fourth-order valence-corrected chi connectivity index (χ4v) is 3.86. The van der Waals surface area contributed by atoms with Crippen molar-refractivity contribution in [2.75, 3.05) is 18.1 Å². The number of nitrogens with zero attached hydrogens (tertiary/aromatic N) is 1. The van der Waals surface area contributed by atoms with Crippen molar-refractivity contribution in [1.29, 1.82) is 0 Å². The molecule has 0 saturated carbocycles. The van der Waals surface area contributed by atoms with Crippen LogP contribution in [0.15, 0.2) is 24.3 Å². The predicted molar refractivity (Wildman–Crippen MR) is 123 cm³/mol. The third-order valence-corrected chi connectivity index (χ3v) is 5.64. The number of benzene rings is 1. The summed E-state index contributed by atoms with van der Waals surface area (Å²) in [6, 6.07) is 6.80. The molecule has 1 aromatic rings. The molecule has 0 radical (unpaired) electrons. The van der Waals surface area contributed by atoms with E-state index in [0.717, 1.165) is 25.1 Å². The molecule has 1 aliphatic heterocycles. The summed E-state index contributed by atoms with van der Waals surface area (Å²) in [4.78, 5) is 26.4. The molecule has 2 rings (SSSR count). The fraction of sp³-hybridized carbons (Fsp3) is 0.680. The summed E-state index contributed by atoms with van der Waals surface area (Å²) < 4.78 is 5.57. The van der Waals surface area contributed by atoms with Gasteiger partial charge in [0.25, 0.3) is 5.91 Å². The van der Waals surface area contributed by atoms with Gasteiger partial charge in [0.1, 0.15) is 5.75 Å². The van der Waals surface area contributed by atoms with Crippen LogP contribution in [0.4, 0.5) is 5.69 Å². The van der Waals surface area contributed by atoms with Crippen LogP contribution in [0.25, 0.3) is 0 Å². The van der Waals surface area contributed by atoms with Gasteiger partial charge >= 0.3 is 0 Å². The van der Waals surface area contributed by atoms with Gasteiger partial charge in [0.05, 0.1) is 24.8 Å². The Hall–Kier alpha value is -1.88. The Bertz CT molecular complexity index is 630. The number of ether oxygens (including phenoxy) is 1. The van der Waals surface area contributed by atoms with Crippen molar-refractivity contribution in [2.45, 2.75) is 96.9 Å². The lowest BCUT2D eigenvalue weighted by Gasteiger charge is -2.16. The highest BCUT2D eigenvalue weighted by Crippen LogP contribution is 2.25. The third kappa shape index (κ3) is 8.10. The van der Waals surface area contributed by atoms with E-state index in [1.165, 1.54) is 62.7 Å². The maximum Gasteiger partial charge on any atom is 0.251 e. The first kappa shape index (κ1) is 24.4. The van der Waals surface area contributed by atoms with Gasteiger partial charge in [-0.2, -0.15) is 0 Å². The molecule has 1 aliphatic rings. The molecule has 0 spiro atoms. The van der Waals surface area contributed by atoms with Crippen LogP contribution in [0.2, 0.25) is 0 Å². The molecule has 5 heteroatoms. The van der Waals surface area contributed by atoms with E-state index < -0.39 is 6.04 Å².